The predicted molar refractivity (Wildman–Crippen MR) is 126 cm³/mol. The Balaban J connectivity index is 1.09. The maximum absolute atomic E-state index is 12.2. The van der Waals surface area contributed by atoms with Gasteiger partial charge in [-0.05, 0) is 56.1 Å². The highest BCUT2D eigenvalue weighted by Gasteiger charge is 2.17. The Morgan fingerprint density at radius 1 is 1.16 bits per heavy atom. The van der Waals surface area contributed by atoms with Crippen molar-refractivity contribution in [3.8, 4) is 10.8 Å². The lowest BCUT2D eigenvalue weighted by atomic mass is 10.2. The van der Waals surface area contributed by atoms with Crippen LogP contribution in [0.1, 0.15) is 24.1 Å². The monoisotopic (exact) mass is 438 g/mol. The van der Waals surface area contributed by atoms with Gasteiger partial charge in [0.15, 0.2) is 10.8 Å². The van der Waals surface area contributed by atoms with Gasteiger partial charge in [0.25, 0.3) is 0 Å². The van der Waals surface area contributed by atoms with E-state index < -0.39 is 0 Å². The van der Waals surface area contributed by atoms with E-state index in [2.05, 4.69) is 51.3 Å². The number of hydrogen-bond acceptors (Lipinski definition) is 6. The summed E-state index contributed by atoms with van der Waals surface area (Å²) in [4.78, 5) is 21.7. The van der Waals surface area contributed by atoms with E-state index in [0.29, 0.717) is 6.42 Å². The van der Waals surface area contributed by atoms with Crippen LogP contribution >= 0.6 is 11.3 Å². The van der Waals surface area contributed by atoms with Gasteiger partial charge in [0.1, 0.15) is 0 Å². The Labute approximate surface area is 187 Å². The first-order valence-corrected chi connectivity index (χ1v) is 11.8. The van der Waals surface area contributed by atoms with Gasteiger partial charge in [0, 0.05) is 43.8 Å². The fraction of sp³-hybridized carbons (Fsp3) is 0.417. The second-order valence-corrected chi connectivity index (χ2v) is 8.88. The Morgan fingerprint density at radius 2 is 2.03 bits per heavy atom. The summed E-state index contributed by atoms with van der Waals surface area (Å²) in [7, 11) is 0. The molecule has 4 rings (SSSR count). The van der Waals surface area contributed by atoms with Gasteiger partial charge in [-0.2, -0.15) is 0 Å². The number of hydrogen-bond donors (Lipinski definition) is 1. The molecule has 1 aromatic carbocycles. The van der Waals surface area contributed by atoms with E-state index in [1.54, 1.807) is 6.26 Å². The van der Waals surface area contributed by atoms with Crippen LogP contribution in [0.4, 0.5) is 5.69 Å². The number of carbonyl (C=O) groups excluding carboxylic acids is 1. The van der Waals surface area contributed by atoms with Crippen LogP contribution in [0.25, 0.3) is 10.8 Å². The standard InChI is InChI=1S/C24H30N4O2S/c1-19-6-4-7-21(16-19)28-13-11-27(12-14-28)10-3-2-9-25-23(29)17-20-18-31-24(26-20)22-8-5-15-30-22/h4-8,15-16,18H,2-3,9-14,17H2,1H3,(H,25,29). The first-order valence-electron chi connectivity index (χ1n) is 11.0. The molecule has 7 heteroatoms. The molecule has 31 heavy (non-hydrogen) atoms. The van der Waals surface area contributed by atoms with Crippen molar-refractivity contribution in [3.05, 3.63) is 59.3 Å². The molecule has 1 fully saturated rings. The van der Waals surface area contributed by atoms with Crippen molar-refractivity contribution in [1.82, 2.24) is 15.2 Å². The molecule has 3 aromatic rings. The van der Waals surface area contributed by atoms with Gasteiger partial charge < -0.3 is 14.6 Å². The molecule has 0 radical (unpaired) electrons. The van der Waals surface area contributed by atoms with Gasteiger partial charge in [-0.1, -0.05) is 12.1 Å². The third-order valence-electron chi connectivity index (χ3n) is 5.59. The fourth-order valence-electron chi connectivity index (χ4n) is 3.87. The predicted octanol–water partition coefficient (Wildman–Crippen LogP) is 3.97. The highest BCUT2D eigenvalue weighted by molar-refractivity contribution is 7.13. The third kappa shape index (κ3) is 6.18. The smallest absolute Gasteiger partial charge is 0.226 e. The fourth-order valence-corrected chi connectivity index (χ4v) is 4.66. The van der Waals surface area contributed by atoms with Crippen molar-refractivity contribution in [2.24, 2.45) is 0 Å². The number of aryl methyl sites for hydroxylation is 1. The van der Waals surface area contributed by atoms with Crippen LogP contribution in [0, 0.1) is 6.92 Å². The number of benzene rings is 1. The summed E-state index contributed by atoms with van der Waals surface area (Å²) in [6.45, 7) is 8.31. The summed E-state index contributed by atoms with van der Waals surface area (Å²) < 4.78 is 5.35. The molecule has 0 atom stereocenters. The van der Waals surface area contributed by atoms with Gasteiger partial charge in [-0.25, -0.2) is 4.98 Å². The zero-order valence-corrected chi connectivity index (χ0v) is 18.9. The van der Waals surface area contributed by atoms with Crippen molar-refractivity contribution in [1.29, 1.82) is 0 Å². The lowest BCUT2D eigenvalue weighted by Gasteiger charge is -2.36. The summed E-state index contributed by atoms with van der Waals surface area (Å²) in [6.07, 6.45) is 4.05. The Hall–Kier alpha value is -2.64. The van der Waals surface area contributed by atoms with Crippen LogP contribution in [-0.4, -0.2) is 55.1 Å². The number of carbonyl (C=O) groups is 1. The summed E-state index contributed by atoms with van der Waals surface area (Å²) in [5.74, 6) is 0.777. The molecule has 1 aliphatic rings. The minimum absolute atomic E-state index is 0.0306. The zero-order chi connectivity index (χ0) is 21.5. The zero-order valence-electron chi connectivity index (χ0n) is 18.0. The number of furan rings is 1. The summed E-state index contributed by atoms with van der Waals surface area (Å²) in [6, 6.07) is 12.5. The molecule has 1 saturated heterocycles. The molecule has 2 aromatic heterocycles. The van der Waals surface area contributed by atoms with Gasteiger partial charge in [-0.15, -0.1) is 11.3 Å². The molecule has 0 saturated carbocycles. The second-order valence-electron chi connectivity index (χ2n) is 8.02. The maximum atomic E-state index is 12.2. The molecule has 1 amide bonds. The van der Waals surface area contributed by atoms with E-state index in [1.807, 2.05) is 17.5 Å². The SMILES string of the molecule is Cc1cccc(N2CCN(CCCCNC(=O)Cc3csc(-c4ccco4)n3)CC2)c1. The van der Waals surface area contributed by atoms with Crippen LogP contribution in [0.3, 0.4) is 0 Å². The number of nitrogens with zero attached hydrogens (tertiary/aromatic N) is 3. The highest BCUT2D eigenvalue weighted by atomic mass is 32.1. The molecule has 3 heterocycles. The van der Waals surface area contributed by atoms with Crippen molar-refractivity contribution in [3.63, 3.8) is 0 Å². The molecule has 0 spiro atoms. The van der Waals surface area contributed by atoms with E-state index in [4.69, 9.17) is 4.42 Å². The Morgan fingerprint density at radius 3 is 2.81 bits per heavy atom. The number of amides is 1. The average molecular weight is 439 g/mol. The summed E-state index contributed by atoms with van der Waals surface area (Å²) in [5, 5.41) is 5.76. The highest BCUT2D eigenvalue weighted by Crippen LogP contribution is 2.24. The number of unbranched alkanes of at least 4 members (excludes halogenated alkanes) is 1. The molecule has 0 aliphatic carbocycles. The van der Waals surface area contributed by atoms with E-state index in [1.165, 1.54) is 22.6 Å². The lowest BCUT2D eigenvalue weighted by Crippen LogP contribution is -2.46. The van der Waals surface area contributed by atoms with E-state index in [9.17, 15) is 4.79 Å². The topological polar surface area (TPSA) is 61.6 Å². The molecular formula is C24H30N4O2S. The number of aromatic nitrogens is 1. The number of rotatable bonds is 9. The summed E-state index contributed by atoms with van der Waals surface area (Å²) >= 11 is 1.50. The number of thiazole rings is 1. The van der Waals surface area contributed by atoms with E-state index >= 15 is 0 Å². The third-order valence-corrected chi connectivity index (χ3v) is 6.49. The molecule has 1 N–H and O–H groups in total. The van der Waals surface area contributed by atoms with Crippen LogP contribution in [0.5, 0.6) is 0 Å². The molecule has 164 valence electrons. The number of piperazine rings is 1. The Kier molecular flexibility index (Phi) is 7.38. The van der Waals surface area contributed by atoms with Crippen molar-refractivity contribution < 1.29 is 9.21 Å². The minimum atomic E-state index is 0.0306. The normalized spacial score (nSPS) is 14.7. The van der Waals surface area contributed by atoms with E-state index in [0.717, 1.165) is 68.6 Å². The molecule has 0 unspecified atom stereocenters. The second kappa shape index (κ2) is 10.6. The van der Waals surface area contributed by atoms with Gasteiger partial charge in [-0.3, -0.25) is 9.69 Å². The van der Waals surface area contributed by atoms with Crippen LogP contribution < -0.4 is 10.2 Å². The first-order chi connectivity index (χ1) is 15.2. The molecular weight excluding hydrogens is 408 g/mol. The van der Waals surface area contributed by atoms with Crippen LogP contribution in [0.15, 0.2) is 52.5 Å². The van der Waals surface area contributed by atoms with Crippen LogP contribution in [-0.2, 0) is 11.2 Å². The minimum Gasteiger partial charge on any atom is -0.462 e. The Bertz CT molecular complexity index is 962. The largest absolute Gasteiger partial charge is 0.462 e. The average Bonchev–Trinajstić information content (AvgIpc) is 3.46. The number of nitrogens with one attached hydrogen (secondary N) is 1. The number of anilines is 1. The van der Waals surface area contributed by atoms with Crippen LogP contribution in [0.2, 0.25) is 0 Å². The first kappa shape index (κ1) is 21.6. The van der Waals surface area contributed by atoms with Crippen molar-refractivity contribution in [2.45, 2.75) is 26.2 Å². The lowest BCUT2D eigenvalue weighted by molar-refractivity contribution is -0.120. The van der Waals surface area contributed by atoms with E-state index in [-0.39, 0.29) is 5.91 Å². The molecule has 1 aliphatic heterocycles. The summed E-state index contributed by atoms with van der Waals surface area (Å²) in [5.41, 5.74) is 3.44. The van der Waals surface area contributed by atoms with Gasteiger partial charge >= 0.3 is 0 Å². The quantitative estimate of drug-likeness (QED) is 0.512. The maximum Gasteiger partial charge on any atom is 0.226 e. The molecule has 0 bridgehead atoms. The van der Waals surface area contributed by atoms with Gasteiger partial charge in [0.05, 0.1) is 18.4 Å². The van der Waals surface area contributed by atoms with Crippen molar-refractivity contribution >= 4 is 22.9 Å². The molecule has 6 nitrogen and oxygen atoms in total. The van der Waals surface area contributed by atoms with Gasteiger partial charge in [0.2, 0.25) is 5.91 Å². The van der Waals surface area contributed by atoms with Crippen molar-refractivity contribution in [2.75, 3.05) is 44.2 Å².